The summed E-state index contributed by atoms with van der Waals surface area (Å²) in [6.07, 6.45) is 0.304. The molecule has 7 heteroatoms. The van der Waals surface area contributed by atoms with E-state index in [1.807, 2.05) is 0 Å². The van der Waals surface area contributed by atoms with Gasteiger partial charge in [-0.2, -0.15) is 0 Å². The second kappa shape index (κ2) is 6.23. The van der Waals surface area contributed by atoms with Crippen LogP contribution < -0.4 is 11.1 Å². The first-order valence-corrected chi connectivity index (χ1v) is 5.66. The molecular weight excluding hydrogens is 238 g/mol. The first-order chi connectivity index (χ1) is 8.13. The number of hydrogen-bond acceptors (Lipinski definition) is 3. The highest BCUT2D eigenvalue weighted by atomic mass is 16.4. The number of nitrogens with zero attached hydrogens (tertiary/aromatic N) is 1. The Morgan fingerprint density at radius 3 is 2.22 bits per heavy atom. The lowest BCUT2D eigenvalue weighted by atomic mass is 9.93. The molecule has 18 heavy (non-hydrogen) atoms. The lowest BCUT2D eigenvalue weighted by Crippen LogP contribution is -2.50. The number of rotatable bonds is 6. The van der Waals surface area contributed by atoms with Crippen LogP contribution in [0.15, 0.2) is 0 Å². The van der Waals surface area contributed by atoms with Crippen molar-refractivity contribution in [2.24, 2.45) is 11.1 Å². The van der Waals surface area contributed by atoms with Crippen molar-refractivity contribution in [3.63, 3.8) is 0 Å². The summed E-state index contributed by atoms with van der Waals surface area (Å²) >= 11 is 0. The summed E-state index contributed by atoms with van der Waals surface area (Å²) < 4.78 is 0. The maximum Gasteiger partial charge on any atom is 0.326 e. The first kappa shape index (κ1) is 16.2. The van der Waals surface area contributed by atoms with E-state index in [4.69, 9.17) is 10.8 Å². The number of hydrogen-bond donors (Lipinski definition) is 3. The molecule has 7 nitrogen and oxygen atoms in total. The Balaban J connectivity index is 4.50. The normalized spacial score (nSPS) is 12.7. The van der Waals surface area contributed by atoms with Gasteiger partial charge in [-0.25, -0.2) is 9.59 Å². The predicted molar refractivity (Wildman–Crippen MR) is 65.9 cm³/mol. The summed E-state index contributed by atoms with van der Waals surface area (Å²) in [5.41, 5.74) is 4.30. The molecule has 0 spiro atoms. The van der Waals surface area contributed by atoms with Crippen LogP contribution in [0.2, 0.25) is 0 Å². The van der Waals surface area contributed by atoms with E-state index in [2.05, 4.69) is 5.32 Å². The van der Waals surface area contributed by atoms with Crippen molar-refractivity contribution >= 4 is 17.9 Å². The van der Waals surface area contributed by atoms with E-state index in [0.717, 1.165) is 4.90 Å². The number of aliphatic carboxylic acids is 1. The van der Waals surface area contributed by atoms with E-state index < -0.39 is 29.4 Å². The average Bonchev–Trinajstić information content (AvgIpc) is 2.25. The van der Waals surface area contributed by atoms with Crippen LogP contribution in [0.4, 0.5) is 4.79 Å². The quantitative estimate of drug-likeness (QED) is 0.623. The van der Waals surface area contributed by atoms with Crippen LogP contribution in [0.1, 0.15) is 27.2 Å². The fraction of sp³-hybridized carbons (Fsp3) is 0.727. The Morgan fingerprint density at radius 1 is 1.39 bits per heavy atom. The van der Waals surface area contributed by atoms with Crippen molar-refractivity contribution in [2.45, 2.75) is 33.2 Å². The third-order valence-electron chi connectivity index (χ3n) is 2.81. The molecule has 1 unspecified atom stereocenters. The summed E-state index contributed by atoms with van der Waals surface area (Å²) in [7, 11) is 1.40. The molecule has 0 aromatic carbocycles. The Bertz CT molecular complexity index is 341. The molecule has 0 rings (SSSR count). The molecule has 0 saturated heterocycles. The summed E-state index contributed by atoms with van der Waals surface area (Å²) in [6, 6.07) is -1.43. The van der Waals surface area contributed by atoms with Crippen molar-refractivity contribution < 1.29 is 19.5 Å². The fourth-order valence-electron chi connectivity index (χ4n) is 1.26. The van der Waals surface area contributed by atoms with Gasteiger partial charge < -0.3 is 21.1 Å². The number of carbonyl (C=O) groups excluding carboxylic acids is 2. The lowest BCUT2D eigenvalue weighted by Gasteiger charge is -2.27. The van der Waals surface area contributed by atoms with E-state index in [1.165, 1.54) is 7.05 Å². The highest BCUT2D eigenvalue weighted by Crippen LogP contribution is 2.12. The van der Waals surface area contributed by atoms with Crippen LogP contribution in [0.3, 0.4) is 0 Å². The van der Waals surface area contributed by atoms with Crippen molar-refractivity contribution in [2.75, 3.05) is 13.6 Å². The van der Waals surface area contributed by atoms with Crippen molar-refractivity contribution in [1.82, 2.24) is 10.2 Å². The number of likely N-dealkylation sites (N-methyl/N-ethyl adjacent to an activating group) is 1. The Kier molecular flexibility index (Phi) is 5.61. The zero-order valence-corrected chi connectivity index (χ0v) is 11.2. The van der Waals surface area contributed by atoms with Crippen molar-refractivity contribution in [1.29, 1.82) is 0 Å². The number of carboxylic acids is 1. The van der Waals surface area contributed by atoms with Crippen LogP contribution in [-0.4, -0.2) is 47.5 Å². The van der Waals surface area contributed by atoms with Crippen LogP contribution in [0.5, 0.6) is 0 Å². The second-order valence-corrected chi connectivity index (χ2v) is 4.78. The highest BCUT2D eigenvalue weighted by Gasteiger charge is 2.28. The Labute approximate surface area is 106 Å². The largest absolute Gasteiger partial charge is 0.480 e. The molecule has 0 aliphatic rings. The number of urea groups is 1. The van der Waals surface area contributed by atoms with Gasteiger partial charge >= 0.3 is 12.0 Å². The molecule has 0 bridgehead atoms. The molecular formula is C11H21N3O4. The van der Waals surface area contributed by atoms with Gasteiger partial charge in [-0.05, 0) is 20.3 Å². The molecule has 4 N–H and O–H groups in total. The molecule has 0 aromatic rings. The predicted octanol–water partition coefficient (Wildman–Crippen LogP) is 0.00250. The maximum absolute atomic E-state index is 11.7. The van der Waals surface area contributed by atoms with E-state index in [9.17, 15) is 14.4 Å². The summed E-state index contributed by atoms with van der Waals surface area (Å²) in [5, 5.41) is 11.4. The van der Waals surface area contributed by atoms with Crippen molar-refractivity contribution in [3.05, 3.63) is 0 Å². The third-order valence-corrected chi connectivity index (χ3v) is 2.81. The van der Waals surface area contributed by atoms with Gasteiger partial charge in [-0.3, -0.25) is 4.79 Å². The monoisotopic (exact) mass is 259 g/mol. The van der Waals surface area contributed by atoms with Gasteiger partial charge in [-0.15, -0.1) is 0 Å². The number of primary amides is 1. The van der Waals surface area contributed by atoms with E-state index in [0.29, 0.717) is 6.42 Å². The van der Waals surface area contributed by atoms with Gasteiger partial charge in [0.15, 0.2) is 0 Å². The molecule has 3 amide bonds. The minimum atomic E-state index is -1.07. The van der Waals surface area contributed by atoms with Gasteiger partial charge in [0.1, 0.15) is 6.04 Å². The number of carbonyl (C=O) groups is 3. The van der Waals surface area contributed by atoms with E-state index in [1.54, 1.807) is 20.8 Å². The number of nitrogens with two attached hydrogens (primary N) is 1. The second-order valence-electron chi connectivity index (χ2n) is 4.78. The van der Waals surface area contributed by atoms with Gasteiger partial charge in [0.25, 0.3) is 0 Å². The minimum absolute atomic E-state index is 0.0571. The van der Waals surface area contributed by atoms with Gasteiger partial charge in [0.2, 0.25) is 5.91 Å². The summed E-state index contributed by atoms with van der Waals surface area (Å²) in [5.74, 6) is -1.60. The zero-order chi connectivity index (χ0) is 14.5. The smallest absolute Gasteiger partial charge is 0.326 e. The molecule has 0 aliphatic heterocycles. The van der Waals surface area contributed by atoms with Crippen LogP contribution in [0, 0.1) is 5.41 Å². The molecule has 0 heterocycles. The first-order valence-electron chi connectivity index (χ1n) is 5.66. The van der Waals surface area contributed by atoms with Crippen molar-refractivity contribution in [3.8, 4) is 0 Å². The maximum atomic E-state index is 11.7. The van der Waals surface area contributed by atoms with Crippen LogP contribution >= 0.6 is 0 Å². The van der Waals surface area contributed by atoms with Crippen LogP contribution in [-0.2, 0) is 9.59 Å². The number of nitrogens with one attached hydrogen (secondary N) is 1. The molecule has 0 saturated carbocycles. The van der Waals surface area contributed by atoms with Gasteiger partial charge in [0.05, 0.1) is 5.41 Å². The fourth-order valence-corrected chi connectivity index (χ4v) is 1.26. The highest BCUT2D eigenvalue weighted by molar-refractivity contribution is 5.84. The molecule has 0 fully saturated rings. The average molecular weight is 259 g/mol. The third kappa shape index (κ3) is 4.23. The molecule has 0 aromatic heterocycles. The Hall–Kier alpha value is -1.79. The lowest BCUT2D eigenvalue weighted by molar-refractivity contribution is -0.142. The molecule has 1 atom stereocenters. The molecule has 104 valence electrons. The van der Waals surface area contributed by atoms with Crippen LogP contribution in [0.25, 0.3) is 0 Å². The van der Waals surface area contributed by atoms with E-state index in [-0.39, 0.29) is 6.54 Å². The van der Waals surface area contributed by atoms with E-state index >= 15 is 0 Å². The SMILES string of the molecule is CCC(C(=O)O)N(C)C(=O)NCC(C)(C)C(N)=O. The summed E-state index contributed by atoms with van der Waals surface area (Å²) in [6.45, 7) is 4.94. The minimum Gasteiger partial charge on any atom is -0.480 e. The molecule has 0 aliphatic carbocycles. The zero-order valence-electron chi connectivity index (χ0n) is 11.2. The number of amides is 3. The topological polar surface area (TPSA) is 113 Å². The number of carboxylic acid groups (broad SMARTS) is 1. The van der Waals surface area contributed by atoms with Gasteiger partial charge in [-0.1, -0.05) is 6.92 Å². The standard InChI is InChI=1S/C11H21N3O4/c1-5-7(8(15)16)14(4)10(18)13-6-11(2,3)9(12)17/h7H,5-6H2,1-4H3,(H2,12,17)(H,13,18)(H,15,16). The summed E-state index contributed by atoms with van der Waals surface area (Å²) in [4.78, 5) is 34.8. The molecule has 0 radical (unpaired) electrons. The Morgan fingerprint density at radius 2 is 1.89 bits per heavy atom. The van der Waals surface area contributed by atoms with Gasteiger partial charge in [0, 0.05) is 13.6 Å².